The van der Waals surface area contributed by atoms with Crippen molar-refractivity contribution < 1.29 is 0 Å². The third-order valence-corrected chi connectivity index (χ3v) is 7.00. The van der Waals surface area contributed by atoms with Crippen LogP contribution < -0.4 is 0 Å². The molecule has 0 spiro atoms. The molecule has 1 saturated carbocycles. The summed E-state index contributed by atoms with van der Waals surface area (Å²) < 4.78 is 0. The molecule has 3 heteroatoms. The molecular formula is C20H39N3. The SMILES string of the molecule is CC(C)C1CCC(N2CCN(C3CN(C(C)C)C3)[C@H](C)C2)CC1. The van der Waals surface area contributed by atoms with E-state index in [9.17, 15) is 0 Å². The molecule has 0 radical (unpaired) electrons. The van der Waals surface area contributed by atoms with E-state index in [4.69, 9.17) is 0 Å². The minimum absolute atomic E-state index is 0.721. The van der Waals surface area contributed by atoms with Crippen molar-refractivity contribution in [1.29, 1.82) is 0 Å². The molecule has 0 unspecified atom stereocenters. The maximum Gasteiger partial charge on any atom is 0.0354 e. The first-order valence-electron chi connectivity index (χ1n) is 10.2. The average molecular weight is 322 g/mol. The fourth-order valence-corrected chi connectivity index (χ4v) is 5.13. The Balaban J connectivity index is 1.44. The molecule has 23 heavy (non-hydrogen) atoms. The fraction of sp³-hybridized carbons (Fsp3) is 1.00. The van der Waals surface area contributed by atoms with Gasteiger partial charge in [0.1, 0.15) is 0 Å². The lowest BCUT2D eigenvalue weighted by Gasteiger charge is -2.53. The molecule has 2 saturated heterocycles. The van der Waals surface area contributed by atoms with Crippen LogP contribution in [0.5, 0.6) is 0 Å². The van der Waals surface area contributed by atoms with Crippen LogP contribution in [0.1, 0.15) is 60.3 Å². The van der Waals surface area contributed by atoms with E-state index in [0.717, 1.165) is 36.0 Å². The number of hydrogen-bond donors (Lipinski definition) is 0. The summed E-state index contributed by atoms with van der Waals surface area (Å²) in [4.78, 5) is 8.24. The molecule has 0 aromatic carbocycles. The van der Waals surface area contributed by atoms with Crippen molar-refractivity contribution in [3.05, 3.63) is 0 Å². The first-order chi connectivity index (χ1) is 11.0. The van der Waals surface area contributed by atoms with Crippen molar-refractivity contribution in [3.63, 3.8) is 0 Å². The Morgan fingerprint density at radius 1 is 0.783 bits per heavy atom. The maximum absolute atomic E-state index is 2.83. The normalized spacial score (nSPS) is 35.9. The molecule has 3 fully saturated rings. The van der Waals surface area contributed by atoms with Crippen LogP contribution in [0.4, 0.5) is 0 Å². The Morgan fingerprint density at radius 3 is 1.96 bits per heavy atom. The van der Waals surface area contributed by atoms with Gasteiger partial charge in [-0.05, 0) is 58.3 Å². The number of likely N-dealkylation sites (tertiary alicyclic amines) is 1. The lowest BCUT2D eigenvalue weighted by Crippen LogP contribution is -2.67. The van der Waals surface area contributed by atoms with Gasteiger partial charge in [0.2, 0.25) is 0 Å². The van der Waals surface area contributed by atoms with E-state index in [1.54, 1.807) is 0 Å². The molecule has 2 heterocycles. The highest BCUT2D eigenvalue weighted by molar-refractivity contribution is 4.95. The van der Waals surface area contributed by atoms with Crippen LogP contribution in [-0.2, 0) is 0 Å². The van der Waals surface area contributed by atoms with Crippen molar-refractivity contribution in [2.45, 2.75) is 84.5 Å². The Morgan fingerprint density at radius 2 is 1.43 bits per heavy atom. The van der Waals surface area contributed by atoms with Gasteiger partial charge in [0.05, 0.1) is 0 Å². The Labute approximate surface area is 144 Å². The van der Waals surface area contributed by atoms with Gasteiger partial charge in [-0.2, -0.15) is 0 Å². The van der Waals surface area contributed by atoms with Crippen LogP contribution in [0.2, 0.25) is 0 Å². The second-order valence-corrected chi connectivity index (χ2v) is 9.10. The van der Waals surface area contributed by atoms with E-state index in [-0.39, 0.29) is 0 Å². The number of hydrogen-bond acceptors (Lipinski definition) is 3. The van der Waals surface area contributed by atoms with Crippen molar-refractivity contribution in [2.75, 3.05) is 32.7 Å². The second kappa shape index (κ2) is 7.41. The van der Waals surface area contributed by atoms with Crippen molar-refractivity contribution in [3.8, 4) is 0 Å². The largest absolute Gasteiger partial charge is 0.298 e. The quantitative estimate of drug-likeness (QED) is 0.786. The van der Waals surface area contributed by atoms with E-state index >= 15 is 0 Å². The highest BCUT2D eigenvalue weighted by Crippen LogP contribution is 2.33. The van der Waals surface area contributed by atoms with E-state index in [2.05, 4.69) is 49.3 Å². The van der Waals surface area contributed by atoms with Gasteiger partial charge >= 0.3 is 0 Å². The Kier molecular flexibility index (Phi) is 5.70. The lowest BCUT2D eigenvalue weighted by atomic mass is 9.79. The molecule has 134 valence electrons. The number of nitrogens with zero attached hydrogens (tertiary/aromatic N) is 3. The van der Waals surface area contributed by atoms with E-state index in [1.165, 1.54) is 58.4 Å². The van der Waals surface area contributed by atoms with Crippen LogP contribution in [0.3, 0.4) is 0 Å². The summed E-state index contributed by atoms with van der Waals surface area (Å²) in [7, 11) is 0. The van der Waals surface area contributed by atoms with Gasteiger partial charge < -0.3 is 0 Å². The van der Waals surface area contributed by atoms with E-state index in [0.29, 0.717) is 0 Å². The highest BCUT2D eigenvalue weighted by atomic mass is 15.4. The first-order valence-corrected chi connectivity index (χ1v) is 10.2. The van der Waals surface area contributed by atoms with Crippen LogP contribution >= 0.6 is 0 Å². The molecule has 0 N–H and O–H groups in total. The molecule has 2 aliphatic heterocycles. The first kappa shape index (κ1) is 17.7. The fourth-order valence-electron chi connectivity index (χ4n) is 5.13. The zero-order chi connectivity index (χ0) is 16.6. The lowest BCUT2D eigenvalue weighted by molar-refractivity contribution is -0.0463. The minimum atomic E-state index is 0.721. The smallest absolute Gasteiger partial charge is 0.0354 e. The molecular weight excluding hydrogens is 282 g/mol. The molecule has 3 nitrogen and oxygen atoms in total. The summed E-state index contributed by atoms with van der Waals surface area (Å²) in [6, 6.07) is 3.17. The van der Waals surface area contributed by atoms with Crippen molar-refractivity contribution in [1.82, 2.24) is 14.7 Å². The zero-order valence-electron chi connectivity index (χ0n) is 16.2. The van der Waals surface area contributed by atoms with Crippen LogP contribution in [0.15, 0.2) is 0 Å². The summed E-state index contributed by atoms with van der Waals surface area (Å²) in [5, 5.41) is 0. The molecule has 0 bridgehead atoms. The van der Waals surface area contributed by atoms with Gasteiger partial charge in [0.15, 0.2) is 0 Å². The molecule has 3 aliphatic rings. The summed E-state index contributed by atoms with van der Waals surface area (Å²) in [6.45, 7) is 18.4. The topological polar surface area (TPSA) is 9.72 Å². The Bertz CT molecular complexity index is 367. The molecule has 1 atom stereocenters. The van der Waals surface area contributed by atoms with Gasteiger partial charge in [-0.1, -0.05) is 13.8 Å². The van der Waals surface area contributed by atoms with Crippen LogP contribution in [0.25, 0.3) is 0 Å². The van der Waals surface area contributed by atoms with Gasteiger partial charge in [0, 0.05) is 56.9 Å². The molecule has 3 rings (SSSR count). The van der Waals surface area contributed by atoms with Crippen LogP contribution in [0, 0.1) is 11.8 Å². The second-order valence-electron chi connectivity index (χ2n) is 9.10. The predicted octanol–water partition coefficient (Wildman–Crippen LogP) is 3.30. The van der Waals surface area contributed by atoms with E-state index in [1.807, 2.05) is 0 Å². The zero-order valence-corrected chi connectivity index (χ0v) is 16.2. The molecule has 0 aromatic rings. The predicted molar refractivity (Wildman–Crippen MR) is 98.8 cm³/mol. The van der Waals surface area contributed by atoms with Crippen molar-refractivity contribution in [2.24, 2.45) is 11.8 Å². The average Bonchev–Trinajstić information content (AvgIpc) is 2.47. The standard InChI is InChI=1S/C20H39N3/c1-15(2)18-6-8-19(9-7-18)21-10-11-23(17(5)12-21)20-13-22(14-20)16(3)4/h15-20H,6-14H2,1-5H3/t17-,18?,19?/m1/s1. The minimum Gasteiger partial charge on any atom is -0.298 e. The summed E-state index contributed by atoms with van der Waals surface area (Å²) in [6.07, 6.45) is 5.81. The van der Waals surface area contributed by atoms with E-state index < -0.39 is 0 Å². The van der Waals surface area contributed by atoms with Crippen LogP contribution in [-0.4, -0.2) is 71.6 Å². The molecule has 0 amide bonds. The third kappa shape index (κ3) is 3.93. The number of piperazine rings is 1. The monoisotopic (exact) mass is 321 g/mol. The summed E-state index contributed by atoms with van der Waals surface area (Å²) >= 11 is 0. The number of rotatable bonds is 4. The summed E-state index contributed by atoms with van der Waals surface area (Å²) in [5.41, 5.74) is 0. The third-order valence-electron chi connectivity index (χ3n) is 7.00. The molecule has 0 aromatic heterocycles. The van der Waals surface area contributed by atoms with Crippen molar-refractivity contribution >= 4 is 0 Å². The van der Waals surface area contributed by atoms with Gasteiger partial charge in [-0.25, -0.2) is 0 Å². The van der Waals surface area contributed by atoms with Gasteiger partial charge in [-0.15, -0.1) is 0 Å². The van der Waals surface area contributed by atoms with Gasteiger partial charge in [-0.3, -0.25) is 14.7 Å². The van der Waals surface area contributed by atoms with Gasteiger partial charge in [0.25, 0.3) is 0 Å². The molecule has 1 aliphatic carbocycles. The summed E-state index contributed by atoms with van der Waals surface area (Å²) in [5.74, 6) is 1.87. The maximum atomic E-state index is 2.83. The highest BCUT2D eigenvalue weighted by Gasteiger charge is 2.39. The Hall–Kier alpha value is -0.120.